The highest BCUT2D eigenvalue weighted by Crippen LogP contribution is 2.37. The van der Waals surface area contributed by atoms with Crippen LogP contribution in [0.5, 0.6) is 11.5 Å². The predicted molar refractivity (Wildman–Crippen MR) is 108 cm³/mol. The Bertz CT molecular complexity index is 1010. The molecule has 0 aromatic heterocycles. The normalized spacial score (nSPS) is 11.4. The van der Waals surface area contributed by atoms with Crippen molar-refractivity contribution >= 4 is 39.5 Å². The number of nitrogens with one attached hydrogen (secondary N) is 1. The van der Waals surface area contributed by atoms with Crippen molar-refractivity contribution in [1.82, 2.24) is 0 Å². The summed E-state index contributed by atoms with van der Waals surface area (Å²) in [6.45, 7) is 1.37. The molecule has 31 heavy (non-hydrogen) atoms. The van der Waals surface area contributed by atoms with Crippen LogP contribution in [0.15, 0.2) is 39.9 Å². The van der Waals surface area contributed by atoms with Crippen LogP contribution in [0.1, 0.15) is 18.1 Å². The maximum absolute atomic E-state index is 12.8. The van der Waals surface area contributed by atoms with Crippen molar-refractivity contribution in [2.24, 2.45) is 5.10 Å². The summed E-state index contributed by atoms with van der Waals surface area (Å²) in [6.07, 6.45) is -3.48. The van der Waals surface area contributed by atoms with Crippen LogP contribution in [0.4, 0.5) is 24.5 Å². The number of carboxylic acids is 1. The van der Waals surface area contributed by atoms with Gasteiger partial charge in [-0.05, 0) is 52.7 Å². The number of alkyl halides is 3. The number of halogens is 4. The zero-order valence-corrected chi connectivity index (χ0v) is 17.4. The number of benzene rings is 2. The lowest BCUT2D eigenvalue weighted by Crippen LogP contribution is -2.11. The fourth-order valence-corrected chi connectivity index (χ4v) is 2.90. The first-order valence-corrected chi connectivity index (χ1v) is 9.27. The first-order chi connectivity index (χ1) is 14.5. The highest BCUT2D eigenvalue weighted by Gasteiger charge is 2.33. The van der Waals surface area contributed by atoms with E-state index < -0.39 is 34.9 Å². The number of aliphatic carboxylic acids is 1. The Balaban J connectivity index is 2.28. The fourth-order valence-electron chi connectivity index (χ4n) is 2.33. The van der Waals surface area contributed by atoms with E-state index >= 15 is 0 Å². The fraction of sp³-hybridized carbons (Fsp3) is 0.222. The van der Waals surface area contributed by atoms with Gasteiger partial charge in [0.25, 0.3) is 5.69 Å². The monoisotopic (exact) mass is 505 g/mol. The maximum Gasteiger partial charge on any atom is 0.416 e. The van der Waals surface area contributed by atoms with Crippen molar-refractivity contribution in [2.45, 2.75) is 13.1 Å². The largest absolute Gasteiger partial charge is 0.490 e. The third-order valence-electron chi connectivity index (χ3n) is 3.59. The summed E-state index contributed by atoms with van der Waals surface area (Å²) in [6, 6.07) is 5.02. The molecule has 0 unspecified atom stereocenters. The summed E-state index contributed by atoms with van der Waals surface area (Å²) < 4.78 is 49.3. The summed E-state index contributed by atoms with van der Waals surface area (Å²) in [5.41, 5.74) is 0.589. The molecular formula is C18H15BrF3N3O6. The van der Waals surface area contributed by atoms with Crippen LogP contribution in [0.25, 0.3) is 0 Å². The minimum Gasteiger partial charge on any atom is -0.490 e. The topological polar surface area (TPSA) is 123 Å². The lowest BCUT2D eigenvalue weighted by molar-refractivity contribution is -0.384. The maximum atomic E-state index is 12.8. The van der Waals surface area contributed by atoms with Gasteiger partial charge in [-0.1, -0.05) is 0 Å². The van der Waals surface area contributed by atoms with Gasteiger partial charge in [-0.15, -0.1) is 0 Å². The molecule has 13 heteroatoms. The number of nitro groups is 1. The molecular weight excluding hydrogens is 491 g/mol. The third-order valence-corrected chi connectivity index (χ3v) is 4.18. The molecule has 0 amide bonds. The third kappa shape index (κ3) is 6.57. The zero-order chi connectivity index (χ0) is 23.2. The predicted octanol–water partition coefficient (Wildman–Crippen LogP) is 4.68. The Morgan fingerprint density at radius 1 is 1.32 bits per heavy atom. The van der Waals surface area contributed by atoms with Crippen molar-refractivity contribution in [1.29, 1.82) is 0 Å². The van der Waals surface area contributed by atoms with Gasteiger partial charge in [-0.2, -0.15) is 18.3 Å². The van der Waals surface area contributed by atoms with Crippen molar-refractivity contribution in [3.05, 3.63) is 56.0 Å². The van der Waals surface area contributed by atoms with Crippen molar-refractivity contribution in [3.63, 3.8) is 0 Å². The molecule has 2 rings (SSSR count). The molecule has 0 aliphatic heterocycles. The number of anilines is 1. The molecule has 2 aromatic rings. The SMILES string of the molecule is CCOc1cc(/C=N\Nc2ccc(C(F)(F)F)cc2[N+](=O)[O-])cc(Br)c1OCC(=O)O. The molecule has 0 aliphatic carbocycles. The van der Waals surface area contributed by atoms with E-state index in [0.717, 1.165) is 6.07 Å². The zero-order valence-electron chi connectivity index (χ0n) is 15.8. The quantitative estimate of drug-likeness (QED) is 0.288. The lowest BCUT2D eigenvalue weighted by Gasteiger charge is -2.13. The Labute approximate surface area is 181 Å². The Morgan fingerprint density at radius 2 is 2.03 bits per heavy atom. The molecule has 0 spiro atoms. The first kappa shape index (κ1) is 23.9. The highest BCUT2D eigenvalue weighted by molar-refractivity contribution is 9.10. The molecule has 0 heterocycles. The van der Waals surface area contributed by atoms with Gasteiger partial charge >= 0.3 is 12.1 Å². The van der Waals surface area contributed by atoms with Gasteiger partial charge in [0.1, 0.15) is 5.69 Å². The molecule has 0 bridgehead atoms. The molecule has 166 valence electrons. The average molecular weight is 506 g/mol. The number of ether oxygens (including phenoxy) is 2. The number of carboxylic acid groups (broad SMARTS) is 1. The van der Waals surface area contributed by atoms with Crippen LogP contribution in [0.2, 0.25) is 0 Å². The van der Waals surface area contributed by atoms with Gasteiger partial charge in [-0.3, -0.25) is 15.5 Å². The van der Waals surface area contributed by atoms with Crippen LogP contribution in [-0.2, 0) is 11.0 Å². The number of hydrogen-bond donors (Lipinski definition) is 2. The Kier molecular flexibility index (Phi) is 7.80. The summed E-state index contributed by atoms with van der Waals surface area (Å²) >= 11 is 3.24. The molecule has 0 atom stereocenters. The second-order valence-electron chi connectivity index (χ2n) is 5.80. The second kappa shape index (κ2) is 10.1. The van der Waals surface area contributed by atoms with E-state index in [2.05, 4.69) is 26.5 Å². The van der Waals surface area contributed by atoms with Crippen molar-refractivity contribution in [2.75, 3.05) is 18.6 Å². The number of hydrogen-bond acceptors (Lipinski definition) is 7. The number of carbonyl (C=O) groups is 1. The smallest absolute Gasteiger partial charge is 0.416 e. The van der Waals surface area contributed by atoms with Crippen LogP contribution in [0, 0.1) is 10.1 Å². The Morgan fingerprint density at radius 3 is 2.61 bits per heavy atom. The minimum absolute atomic E-state index is 0.160. The van der Waals surface area contributed by atoms with Gasteiger partial charge in [0, 0.05) is 6.07 Å². The molecule has 2 aromatic carbocycles. The van der Waals surface area contributed by atoms with Gasteiger partial charge in [-0.25, -0.2) is 4.79 Å². The molecule has 0 aliphatic rings. The summed E-state index contributed by atoms with van der Waals surface area (Å²) in [5.74, 6) is -0.796. The Hall–Kier alpha value is -3.35. The molecule has 0 saturated carbocycles. The average Bonchev–Trinajstić information content (AvgIpc) is 2.66. The molecule has 0 fully saturated rings. The number of nitro benzene ring substituents is 1. The number of nitrogens with zero attached hydrogens (tertiary/aromatic N) is 2. The molecule has 9 nitrogen and oxygen atoms in total. The van der Waals surface area contributed by atoms with Gasteiger partial charge in [0.15, 0.2) is 18.1 Å². The van der Waals surface area contributed by atoms with Crippen LogP contribution in [0.3, 0.4) is 0 Å². The van der Waals surface area contributed by atoms with Crippen LogP contribution >= 0.6 is 15.9 Å². The first-order valence-electron chi connectivity index (χ1n) is 8.48. The standard InChI is InChI=1S/C18H15BrF3N3O6/c1-2-30-15-6-10(5-12(19)17(15)31-9-16(26)27)8-23-24-13-4-3-11(18(20,21)22)7-14(13)25(28)29/h3-8,24H,2,9H2,1H3,(H,26,27)/b23-8-. The van der Waals surface area contributed by atoms with Gasteiger partial charge in [0.2, 0.25) is 0 Å². The van der Waals surface area contributed by atoms with Crippen LogP contribution < -0.4 is 14.9 Å². The molecule has 2 N–H and O–H groups in total. The molecule has 0 saturated heterocycles. The van der Waals surface area contributed by atoms with Gasteiger partial charge in [0.05, 0.1) is 27.8 Å². The number of hydrazone groups is 1. The van der Waals surface area contributed by atoms with E-state index in [9.17, 15) is 28.1 Å². The summed E-state index contributed by atoms with van der Waals surface area (Å²) in [5, 5.41) is 23.7. The summed E-state index contributed by atoms with van der Waals surface area (Å²) in [4.78, 5) is 20.9. The van der Waals surface area contributed by atoms with E-state index in [1.807, 2.05) is 0 Å². The second-order valence-corrected chi connectivity index (χ2v) is 6.66. The van der Waals surface area contributed by atoms with Crippen molar-refractivity contribution in [3.8, 4) is 11.5 Å². The van der Waals surface area contributed by atoms with E-state index in [4.69, 9.17) is 14.6 Å². The lowest BCUT2D eigenvalue weighted by atomic mass is 10.1. The summed E-state index contributed by atoms with van der Waals surface area (Å²) in [7, 11) is 0. The molecule has 0 radical (unpaired) electrons. The minimum atomic E-state index is -4.72. The van der Waals surface area contributed by atoms with E-state index in [0.29, 0.717) is 22.2 Å². The van der Waals surface area contributed by atoms with Crippen LogP contribution in [-0.4, -0.2) is 35.4 Å². The highest BCUT2D eigenvalue weighted by atomic mass is 79.9. The van der Waals surface area contributed by atoms with E-state index in [-0.39, 0.29) is 23.8 Å². The van der Waals surface area contributed by atoms with Gasteiger partial charge < -0.3 is 14.6 Å². The van der Waals surface area contributed by atoms with E-state index in [1.54, 1.807) is 6.92 Å². The van der Waals surface area contributed by atoms with Crippen molar-refractivity contribution < 1.29 is 37.5 Å². The van der Waals surface area contributed by atoms with E-state index in [1.165, 1.54) is 18.3 Å². The number of rotatable bonds is 9.